The number of hydrogen-bond donors (Lipinski definition) is 0. The molecular weight excluding hydrogens is 1360 g/mol. The molecule has 0 radical (unpaired) electrons. The molecule has 8 nitrogen and oxygen atoms in total. The van der Waals surface area contributed by atoms with Crippen LogP contribution in [0, 0.1) is 0 Å². The largest absolute Gasteiger partial charge is 0.443 e. The molecule has 24 aromatic rings. The quantitative estimate of drug-likeness (QED) is 0.152. The van der Waals surface area contributed by atoms with Gasteiger partial charge in [-0.1, -0.05) is 194 Å². The zero-order valence-corrected chi connectivity index (χ0v) is 58.9. The van der Waals surface area contributed by atoms with E-state index in [0.29, 0.717) is 0 Å². The van der Waals surface area contributed by atoms with E-state index >= 15 is 0 Å². The van der Waals surface area contributed by atoms with Crippen LogP contribution in [-0.2, 0) is 0 Å². The number of rotatable bonds is 8. The third-order valence-corrected chi connectivity index (χ3v) is 26.3. The molecular formula is C93H51N7OS4. The summed E-state index contributed by atoms with van der Waals surface area (Å²) in [4.78, 5) is 15.3. The molecule has 0 bridgehead atoms. The van der Waals surface area contributed by atoms with E-state index in [-0.39, 0.29) is 0 Å². The third-order valence-electron chi connectivity index (χ3n) is 21.9. The van der Waals surface area contributed by atoms with E-state index in [0.717, 1.165) is 116 Å². The van der Waals surface area contributed by atoms with Crippen molar-refractivity contribution in [3.8, 4) is 67.3 Å². The predicted octanol–water partition coefficient (Wildman–Crippen LogP) is 26.8. The van der Waals surface area contributed by atoms with Crippen LogP contribution in [0.1, 0.15) is 0 Å². The molecule has 9 aromatic heterocycles. The van der Waals surface area contributed by atoms with Crippen LogP contribution in [0.5, 0.6) is 0 Å². The topological polar surface area (TPSA) is 71.5 Å². The number of para-hydroxylation sites is 3. The molecule has 0 aliphatic carbocycles. The molecule has 0 saturated carbocycles. The van der Waals surface area contributed by atoms with Gasteiger partial charge in [0, 0.05) is 84.4 Å². The highest BCUT2D eigenvalue weighted by molar-refractivity contribution is 7.27. The molecule has 0 spiro atoms. The number of nitrogens with zero attached hydrogens (tertiary/aromatic N) is 7. The Labute approximate surface area is 613 Å². The van der Waals surface area contributed by atoms with Gasteiger partial charge < -0.3 is 18.1 Å². The smallest absolute Gasteiger partial charge is 0.182 e. The Kier molecular flexibility index (Phi) is 12.0. The Morgan fingerprint density at radius 3 is 1.37 bits per heavy atom. The zero-order chi connectivity index (χ0) is 68.3. The normalized spacial score (nSPS) is 12.4. The van der Waals surface area contributed by atoms with Gasteiger partial charge in [0.05, 0.1) is 80.0 Å². The Bertz CT molecular complexity index is 7850. The lowest BCUT2D eigenvalue weighted by Gasteiger charge is -2.13. The summed E-state index contributed by atoms with van der Waals surface area (Å²) in [5.74, 6) is 0. The summed E-state index contributed by atoms with van der Waals surface area (Å²) in [6.07, 6.45) is 3.55. The Balaban J connectivity index is 0.698. The molecule has 0 saturated heterocycles. The number of benzene rings is 15. The average Bonchev–Trinajstić information content (AvgIpc) is 1.56. The van der Waals surface area contributed by atoms with E-state index < -0.39 is 0 Å². The predicted molar refractivity (Wildman–Crippen MR) is 445 cm³/mol. The van der Waals surface area contributed by atoms with Gasteiger partial charge in [-0.25, -0.2) is 15.0 Å². The fourth-order valence-electron chi connectivity index (χ4n) is 17.2. The minimum absolute atomic E-state index is 0.733. The molecule has 0 atom stereocenters. The number of thiazole rings is 1. The maximum absolute atomic E-state index is 6.32. The van der Waals surface area contributed by atoms with Crippen LogP contribution >= 0.6 is 45.3 Å². The maximum Gasteiger partial charge on any atom is 0.182 e. The van der Waals surface area contributed by atoms with Crippen molar-refractivity contribution < 1.29 is 4.42 Å². The van der Waals surface area contributed by atoms with Gasteiger partial charge in [0.15, 0.2) is 12.0 Å². The third kappa shape index (κ3) is 8.32. The van der Waals surface area contributed by atoms with Crippen LogP contribution < -0.4 is 0 Å². The monoisotopic (exact) mass is 1410 g/mol. The Morgan fingerprint density at radius 2 is 0.743 bits per heavy atom. The van der Waals surface area contributed by atoms with Gasteiger partial charge in [-0.3, -0.25) is 4.57 Å². The van der Waals surface area contributed by atoms with Crippen LogP contribution in [0.2, 0.25) is 0 Å². The lowest BCUT2D eigenvalue weighted by Crippen LogP contribution is -1.97. The highest BCUT2D eigenvalue weighted by Gasteiger charge is 2.27. The number of oxazole rings is 1. The number of fused-ring (bicyclic) bond motifs is 24. The summed E-state index contributed by atoms with van der Waals surface area (Å²) in [5, 5.41) is 14.6. The van der Waals surface area contributed by atoms with Crippen molar-refractivity contribution in [1.82, 2.24) is 33.2 Å². The van der Waals surface area contributed by atoms with Gasteiger partial charge in [-0.05, 0) is 142 Å². The minimum atomic E-state index is 0.733. The number of imidazole rings is 1. The summed E-state index contributed by atoms with van der Waals surface area (Å²) < 4.78 is 24.6. The van der Waals surface area contributed by atoms with Gasteiger partial charge in [0.1, 0.15) is 22.9 Å². The maximum atomic E-state index is 6.32. The summed E-state index contributed by atoms with van der Waals surface area (Å²) in [6, 6.07) is 108. The summed E-state index contributed by atoms with van der Waals surface area (Å²) >= 11 is 7.31. The van der Waals surface area contributed by atoms with Crippen molar-refractivity contribution in [2.75, 3.05) is 0 Å². The highest BCUT2D eigenvalue weighted by Crippen LogP contribution is 2.51. The molecule has 24 rings (SSSR count). The molecule has 15 aromatic carbocycles. The standard InChI is InChI=1S/C93H51N7OS4/c1-4-15-52(16-5-1)58-45-78(86-80(47-58)101-50-95-86)99-76-43-56(54-29-39-82-71(41-54)69-37-34-65-61-21-10-12-23-73(61)98(88(65)92(69)104-82)75-25-14-24-74-85(75)94-49-97(74)60-19-8-3-9-20-60)27-31-62(76)67-35-38-70-72-42-55(30-40-83(72)105-93(70)90(67)99)57-28-32-63-66-33-36-68-64-22-11-13-26-81(64)103-91(68)89(66)100(77(63)44-57)79-46-59(53-17-6-2-7-18-53)48-84-87(79)96-51-102-84/h1-51H. The highest BCUT2D eigenvalue weighted by atomic mass is 32.1. The summed E-state index contributed by atoms with van der Waals surface area (Å²) in [7, 11) is 0. The first kappa shape index (κ1) is 57.8. The molecule has 0 amide bonds. The van der Waals surface area contributed by atoms with Gasteiger partial charge in [-0.15, -0.1) is 45.3 Å². The lowest BCUT2D eigenvalue weighted by molar-refractivity contribution is 0.602. The Hall–Kier alpha value is -12.8. The molecule has 105 heavy (non-hydrogen) atoms. The van der Waals surface area contributed by atoms with E-state index in [1.165, 1.54) is 110 Å². The van der Waals surface area contributed by atoms with Crippen molar-refractivity contribution in [3.05, 3.63) is 309 Å². The second-order valence-electron chi connectivity index (χ2n) is 27.4. The van der Waals surface area contributed by atoms with Gasteiger partial charge >= 0.3 is 0 Å². The molecule has 12 heteroatoms. The summed E-state index contributed by atoms with van der Waals surface area (Å²) in [5.41, 5.74) is 26.7. The fourth-order valence-corrected chi connectivity index (χ4v) is 21.6. The number of aromatic nitrogens is 7. The summed E-state index contributed by atoms with van der Waals surface area (Å²) in [6.45, 7) is 0. The van der Waals surface area contributed by atoms with Crippen molar-refractivity contribution in [2.24, 2.45) is 0 Å². The fraction of sp³-hybridized carbons (Fsp3) is 0. The van der Waals surface area contributed by atoms with E-state index in [2.05, 4.69) is 309 Å². The van der Waals surface area contributed by atoms with E-state index in [1.807, 2.05) is 45.8 Å². The molecule has 488 valence electrons. The van der Waals surface area contributed by atoms with Crippen LogP contribution in [0.4, 0.5) is 0 Å². The van der Waals surface area contributed by atoms with Crippen LogP contribution in [0.25, 0.3) is 226 Å². The molecule has 0 aliphatic heterocycles. The molecule has 0 unspecified atom stereocenters. The lowest BCUT2D eigenvalue weighted by atomic mass is 10.00. The van der Waals surface area contributed by atoms with Crippen LogP contribution in [0.3, 0.4) is 0 Å². The molecule has 0 N–H and O–H groups in total. The first-order chi connectivity index (χ1) is 52.0. The first-order valence-corrected chi connectivity index (χ1v) is 38.5. The van der Waals surface area contributed by atoms with Crippen molar-refractivity contribution in [1.29, 1.82) is 0 Å². The molecule has 0 fully saturated rings. The number of thiophene rings is 3. The van der Waals surface area contributed by atoms with E-state index in [1.54, 1.807) is 17.7 Å². The number of hydrogen-bond acceptors (Lipinski definition) is 8. The van der Waals surface area contributed by atoms with Gasteiger partial charge in [0.25, 0.3) is 0 Å². The molecule has 0 aliphatic rings. The SMILES string of the molecule is c1ccc(-c2cc(-n3c4cc(-c5ccc6sc7c(ccc8c9ccccc9n(-c9cccc%10c9ncn%10-c9ccccc9)c87)c6c5)ccc4c4ccc5c6cc(-c7ccc8c9ccc%10c%11ccccc%11sc%10c9n(-c9cc(-c%10ccccc%10)cc%10scnc9%10)c8c7)ccc6sc5c43)c3ncoc3c2)cc1. The van der Waals surface area contributed by atoms with Crippen molar-refractivity contribution in [2.45, 2.75) is 0 Å². The van der Waals surface area contributed by atoms with Crippen LogP contribution in [0.15, 0.2) is 314 Å². The van der Waals surface area contributed by atoms with Gasteiger partial charge in [-0.2, -0.15) is 0 Å². The van der Waals surface area contributed by atoms with Crippen molar-refractivity contribution in [3.63, 3.8) is 0 Å². The van der Waals surface area contributed by atoms with E-state index in [9.17, 15) is 0 Å². The van der Waals surface area contributed by atoms with E-state index in [4.69, 9.17) is 19.4 Å². The molecule has 9 heterocycles. The minimum Gasteiger partial charge on any atom is -0.443 e. The zero-order valence-electron chi connectivity index (χ0n) is 55.6. The second-order valence-corrected chi connectivity index (χ2v) is 31.5. The Morgan fingerprint density at radius 1 is 0.267 bits per heavy atom. The first-order valence-electron chi connectivity index (χ1n) is 35.1. The second kappa shape index (κ2) is 21.9. The average molecular weight is 1410 g/mol. The van der Waals surface area contributed by atoms with Crippen molar-refractivity contribution >= 4 is 204 Å². The van der Waals surface area contributed by atoms with Gasteiger partial charge in [0.2, 0.25) is 0 Å². The van der Waals surface area contributed by atoms with Crippen LogP contribution in [-0.4, -0.2) is 33.2 Å².